The maximum atomic E-state index is 12.2. The molecule has 0 saturated carbocycles. The van der Waals surface area contributed by atoms with Crippen molar-refractivity contribution in [2.24, 2.45) is 5.41 Å². The second-order valence-corrected chi connectivity index (χ2v) is 6.30. The number of hydrogen-bond acceptors (Lipinski definition) is 3. The molecular formula is C16H25N3O. The summed E-state index contributed by atoms with van der Waals surface area (Å²) in [6.07, 6.45) is 4.50. The maximum absolute atomic E-state index is 12.2. The van der Waals surface area contributed by atoms with Crippen molar-refractivity contribution in [2.75, 3.05) is 18.4 Å². The molecule has 0 aromatic carbocycles. The van der Waals surface area contributed by atoms with Crippen LogP contribution in [0.5, 0.6) is 0 Å². The van der Waals surface area contributed by atoms with E-state index in [1.807, 2.05) is 17.0 Å². The van der Waals surface area contributed by atoms with E-state index in [1.165, 1.54) is 0 Å². The molecule has 0 bridgehead atoms. The van der Waals surface area contributed by atoms with Crippen molar-refractivity contribution in [2.45, 2.75) is 46.6 Å². The molecule has 0 radical (unpaired) electrons. The predicted octanol–water partition coefficient (Wildman–Crippen LogP) is 3.05. The Morgan fingerprint density at radius 3 is 2.95 bits per heavy atom. The normalized spacial score (nSPS) is 18.8. The van der Waals surface area contributed by atoms with Gasteiger partial charge in [0.15, 0.2) is 0 Å². The molecule has 0 atom stereocenters. The van der Waals surface area contributed by atoms with Gasteiger partial charge in [-0.1, -0.05) is 13.8 Å². The van der Waals surface area contributed by atoms with Crippen LogP contribution in [-0.2, 0) is 11.3 Å². The van der Waals surface area contributed by atoms with Gasteiger partial charge in [-0.3, -0.25) is 9.78 Å². The number of likely N-dealkylation sites (tertiary alicyclic amines) is 1. The Bertz CT molecular complexity index is 471. The minimum absolute atomic E-state index is 0.256. The highest BCUT2D eigenvalue weighted by atomic mass is 16.2. The minimum Gasteiger partial charge on any atom is -0.385 e. The van der Waals surface area contributed by atoms with E-state index in [0.717, 1.165) is 37.3 Å². The summed E-state index contributed by atoms with van der Waals surface area (Å²) in [6.45, 7) is 8.90. The number of nitrogens with one attached hydrogen (secondary N) is 1. The van der Waals surface area contributed by atoms with E-state index in [2.05, 4.69) is 31.1 Å². The van der Waals surface area contributed by atoms with E-state index in [-0.39, 0.29) is 11.3 Å². The molecule has 4 nitrogen and oxygen atoms in total. The van der Waals surface area contributed by atoms with Crippen molar-refractivity contribution in [3.8, 4) is 0 Å². The Morgan fingerprint density at radius 2 is 2.20 bits per heavy atom. The van der Waals surface area contributed by atoms with Gasteiger partial charge in [0.1, 0.15) is 0 Å². The quantitative estimate of drug-likeness (QED) is 0.918. The van der Waals surface area contributed by atoms with E-state index >= 15 is 0 Å². The zero-order valence-corrected chi connectivity index (χ0v) is 12.8. The van der Waals surface area contributed by atoms with Gasteiger partial charge in [0.05, 0.1) is 12.2 Å². The fraction of sp³-hybridized carbons (Fsp3) is 0.625. The average molecular weight is 275 g/mol. The van der Waals surface area contributed by atoms with Gasteiger partial charge in [-0.05, 0) is 37.3 Å². The second kappa shape index (κ2) is 6.25. The molecule has 1 amide bonds. The lowest BCUT2D eigenvalue weighted by Crippen LogP contribution is -2.30. The first kappa shape index (κ1) is 14.8. The van der Waals surface area contributed by atoms with Crippen LogP contribution >= 0.6 is 0 Å². The Kier molecular flexibility index (Phi) is 4.63. The Balaban J connectivity index is 2.04. The van der Waals surface area contributed by atoms with Gasteiger partial charge in [0.2, 0.25) is 5.91 Å². The van der Waals surface area contributed by atoms with Crippen molar-refractivity contribution >= 4 is 11.6 Å². The fourth-order valence-electron chi connectivity index (χ4n) is 2.53. The number of carbonyl (C=O) groups excluding carboxylic acids is 1. The molecule has 0 spiro atoms. The third kappa shape index (κ3) is 3.95. The largest absolute Gasteiger partial charge is 0.385 e. The number of nitrogens with zero attached hydrogens (tertiary/aromatic N) is 2. The minimum atomic E-state index is 0.256. The van der Waals surface area contributed by atoms with Gasteiger partial charge >= 0.3 is 0 Å². The Labute approximate surface area is 121 Å². The molecule has 0 unspecified atom stereocenters. The third-order valence-electron chi connectivity index (χ3n) is 3.98. The molecule has 1 aromatic rings. The van der Waals surface area contributed by atoms with Crippen LogP contribution in [0.3, 0.4) is 0 Å². The summed E-state index contributed by atoms with van der Waals surface area (Å²) in [5.74, 6) is 0.256. The summed E-state index contributed by atoms with van der Waals surface area (Å²) in [5.41, 5.74) is 2.29. The van der Waals surface area contributed by atoms with Gasteiger partial charge in [-0.15, -0.1) is 0 Å². The highest BCUT2D eigenvalue weighted by molar-refractivity contribution is 5.76. The van der Waals surface area contributed by atoms with E-state index in [0.29, 0.717) is 13.0 Å². The Morgan fingerprint density at radius 1 is 1.40 bits per heavy atom. The fourth-order valence-corrected chi connectivity index (χ4v) is 2.53. The van der Waals surface area contributed by atoms with E-state index in [9.17, 15) is 4.79 Å². The number of anilines is 1. The zero-order valence-electron chi connectivity index (χ0n) is 12.8. The summed E-state index contributed by atoms with van der Waals surface area (Å²) in [4.78, 5) is 18.5. The SMILES string of the molecule is CCNc1ccnc(CN2CCC(C)(C)CCC2=O)c1. The van der Waals surface area contributed by atoms with Crippen molar-refractivity contribution in [3.63, 3.8) is 0 Å². The van der Waals surface area contributed by atoms with Crippen LogP contribution in [0.15, 0.2) is 18.3 Å². The van der Waals surface area contributed by atoms with Gasteiger partial charge in [-0.2, -0.15) is 0 Å². The van der Waals surface area contributed by atoms with Crippen molar-refractivity contribution in [1.82, 2.24) is 9.88 Å². The van der Waals surface area contributed by atoms with Gasteiger partial charge in [-0.25, -0.2) is 0 Å². The standard InChI is InChI=1S/C16H25N3O/c1-4-17-13-6-9-18-14(11-13)12-19-10-8-16(2,3)7-5-15(19)20/h6,9,11H,4-5,7-8,10,12H2,1-3H3,(H,17,18). The van der Waals surface area contributed by atoms with Gasteiger partial charge in [0, 0.05) is 31.4 Å². The maximum Gasteiger partial charge on any atom is 0.222 e. The number of hydrogen-bond donors (Lipinski definition) is 1. The lowest BCUT2D eigenvalue weighted by molar-refractivity contribution is -0.131. The molecule has 1 aliphatic heterocycles. The van der Waals surface area contributed by atoms with Crippen LogP contribution in [0.1, 0.15) is 45.7 Å². The van der Waals surface area contributed by atoms with Crippen LogP contribution in [0.2, 0.25) is 0 Å². The van der Waals surface area contributed by atoms with Crippen molar-refractivity contribution < 1.29 is 4.79 Å². The third-order valence-corrected chi connectivity index (χ3v) is 3.98. The highest BCUT2D eigenvalue weighted by Crippen LogP contribution is 2.30. The van der Waals surface area contributed by atoms with E-state index < -0.39 is 0 Å². The average Bonchev–Trinajstić information content (AvgIpc) is 2.53. The molecule has 1 aliphatic rings. The molecule has 2 heterocycles. The van der Waals surface area contributed by atoms with Gasteiger partial charge in [0.25, 0.3) is 0 Å². The summed E-state index contributed by atoms with van der Waals surface area (Å²) < 4.78 is 0. The molecule has 2 rings (SSSR count). The van der Waals surface area contributed by atoms with Crippen LogP contribution in [-0.4, -0.2) is 28.9 Å². The molecular weight excluding hydrogens is 250 g/mol. The number of aromatic nitrogens is 1. The first-order valence-electron chi connectivity index (χ1n) is 7.47. The van der Waals surface area contributed by atoms with Crippen LogP contribution in [0, 0.1) is 5.41 Å². The topological polar surface area (TPSA) is 45.2 Å². The van der Waals surface area contributed by atoms with Crippen LogP contribution in [0.25, 0.3) is 0 Å². The lowest BCUT2D eigenvalue weighted by atomic mass is 9.85. The van der Waals surface area contributed by atoms with Crippen LogP contribution < -0.4 is 5.32 Å². The number of rotatable bonds is 4. The van der Waals surface area contributed by atoms with Crippen LogP contribution in [0.4, 0.5) is 5.69 Å². The highest BCUT2D eigenvalue weighted by Gasteiger charge is 2.27. The molecule has 1 N–H and O–H groups in total. The molecule has 4 heteroatoms. The lowest BCUT2D eigenvalue weighted by Gasteiger charge is -2.23. The summed E-state index contributed by atoms with van der Waals surface area (Å²) in [6, 6.07) is 3.99. The first-order valence-corrected chi connectivity index (χ1v) is 7.47. The van der Waals surface area contributed by atoms with Crippen molar-refractivity contribution in [1.29, 1.82) is 0 Å². The predicted molar refractivity (Wildman–Crippen MR) is 81.4 cm³/mol. The Hall–Kier alpha value is -1.58. The van der Waals surface area contributed by atoms with Crippen molar-refractivity contribution in [3.05, 3.63) is 24.0 Å². The van der Waals surface area contributed by atoms with E-state index in [4.69, 9.17) is 0 Å². The number of amides is 1. The smallest absolute Gasteiger partial charge is 0.222 e. The molecule has 1 saturated heterocycles. The first-order chi connectivity index (χ1) is 9.50. The molecule has 1 fully saturated rings. The van der Waals surface area contributed by atoms with E-state index in [1.54, 1.807) is 6.20 Å². The summed E-state index contributed by atoms with van der Waals surface area (Å²) >= 11 is 0. The number of carbonyl (C=O) groups is 1. The zero-order chi connectivity index (χ0) is 14.6. The molecule has 0 aliphatic carbocycles. The summed E-state index contributed by atoms with van der Waals surface area (Å²) in [7, 11) is 0. The molecule has 20 heavy (non-hydrogen) atoms. The molecule has 1 aromatic heterocycles. The monoisotopic (exact) mass is 275 g/mol. The summed E-state index contributed by atoms with van der Waals surface area (Å²) in [5, 5.41) is 3.28. The number of pyridine rings is 1. The molecule has 110 valence electrons. The second-order valence-electron chi connectivity index (χ2n) is 6.30. The van der Waals surface area contributed by atoms with Gasteiger partial charge < -0.3 is 10.2 Å².